The lowest BCUT2D eigenvalue weighted by Crippen LogP contribution is -2.32. The first-order valence-corrected chi connectivity index (χ1v) is 10.0. The van der Waals surface area contributed by atoms with Crippen molar-refractivity contribution in [1.29, 1.82) is 0 Å². The number of nitrogens with one attached hydrogen (secondary N) is 1. The normalized spacial score (nSPS) is 15.3. The van der Waals surface area contributed by atoms with Crippen LogP contribution >= 0.6 is 0 Å². The summed E-state index contributed by atoms with van der Waals surface area (Å²) in [6.45, 7) is 6.66. The maximum absolute atomic E-state index is 12.0. The highest BCUT2D eigenvalue weighted by Crippen LogP contribution is 2.20. The second-order valence-electron chi connectivity index (χ2n) is 7.52. The van der Waals surface area contributed by atoms with Crippen LogP contribution in [0.15, 0.2) is 48.8 Å². The summed E-state index contributed by atoms with van der Waals surface area (Å²) in [4.78, 5) is 14.5. The van der Waals surface area contributed by atoms with Gasteiger partial charge in [-0.05, 0) is 62.0 Å². The summed E-state index contributed by atoms with van der Waals surface area (Å²) in [5, 5.41) is 14.0. The van der Waals surface area contributed by atoms with Gasteiger partial charge >= 0.3 is 0 Å². The molecule has 1 aliphatic rings. The molecule has 2 heterocycles. The number of rotatable bonds is 8. The third kappa shape index (κ3) is 6.23. The summed E-state index contributed by atoms with van der Waals surface area (Å²) < 4.78 is 6.46. The third-order valence-electron chi connectivity index (χ3n) is 5.09. The van der Waals surface area contributed by atoms with Gasteiger partial charge in [0.05, 0.1) is 6.61 Å². The molecule has 1 saturated heterocycles. The number of nitrogens with zero attached hydrogens (tertiary/aromatic N) is 2. The Kier molecular flexibility index (Phi) is 7.25. The Bertz CT molecular complexity index is 773. The van der Waals surface area contributed by atoms with Gasteiger partial charge in [0.1, 0.15) is 11.3 Å². The Morgan fingerprint density at radius 3 is 2.89 bits per heavy atom. The van der Waals surface area contributed by atoms with Crippen molar-refractivity contribution in [2.45, 2.75) is 32.7 Å². The molecule has 1 aliphatic heterocycles. The molecule has 6 heteroatoms. The Labute approximate surface area is 166 Å². The Morgan fingerprint density at radius 1 is 1.29 bits per heavy atom. The van der Waals surface area contributed by atoms with E-state index in [1.54, 1.807) is 12.1 Å². The van der Waals surface area contributed by atoms with Gasteiger partial charge in [0.15, 0.2) is 12.4 Å². The zero-order chi connectivity index (χ0) is 19.8. The van der Waals surface area contributed by atoms with Gasteiger partial charge in [-0.1, -0.05) is 19.1 Å². The number of piperidine rings is 1. The number of benzene rings is 1. The van der Waals surface area contributed by atoms with E-state index in [4.69, 9.17) is 4.74 Å². The molecule has 0 aliphatic carbocycles. The maximum atomic E-state index is 12.0. The second-order valence-corrected chi connectivity index (χ2v) is 7.52. The number of likely N-dealkylation sites (tertiary alicyclic amines) is 1. The van der Waals surface area contributed by atoms with E-state index in [0.29, 0.717) is 29.9 Å². The number of hydrogen-bond donors (Lipinski definition) is 1. The zero-order valence-corrected chi connectivity index (χ0v) is 16.5. The number of amides is 1. The molecular formula is C22H29N3O3. The minimum Gasteiger partial charge on any atom is -0.619 e. The van der Waals surface area contributed by atoms with Gasteiger partial charge in [0.25, 0.3) is 5.91 Å². The van der Waals surface area contributed by atoms with Gasteiger partial charge < -0.3 is 15.3 Å². The summed E-state index contributed by atoms with van der Waals surface area (Å²) in [5.41, 5.74) is 1.63. The van der Waals surface area contributed by atoms with Crippen LogP contribution in [0.5, 0.6) is 5.75 Å². The van der Waals surface area contributed by atoms with Crippen molar-refractivity contribution < 1.29 is 14.3 Å². The van der Waals surface area contributed by atoms with E-state index in [0.717, 1.165) is 18.2 Å². The van der Waals surface area contributed by atoms with Crippen molar-refractivity contribution in [3.63, 3.8) is 0 Å². The molecular weight excluding hydrogens is 354 g/mol. The number of carbonyl (C=O) groups is 1. The number of aromatic nitrogens is 1. The van der Waals surface area contributed by atoms with Crippen molar-refractivity contribution in [3.05, 3.63) is 65.1 Å². The van der Waals surface area contributed by atoms with E-state index in [1.165, 1.54) is 43.9 Å². The largest absolute Gasteiger partial charge is 0.619 e. The lowest BCUT2D eigenvalue weighted by Gasteiger charge is -2.30. The van der Waals surface area contributed by atoms with E-state index in [1.807, 2.05) is 12.1 Å². The number of ether oxygens (including phenoxy) is 1. The molecule has 0 atom stereocenters. The molecule has 0 spiro atoms. The molecule has 0 unspecified atom stereocenters. The first kappa shape index (κ1) is 20.1. The highest BCUT2D eigenvalue weighted by Gasteiger charge is 2.15. The van der Waals surface area contributed by atoms with Gasteiger partial charge in [-0.2, -0.15) is 4.73 Å². The van der Waals surface area contributed by atoms with Crippen LogP contribution in [0.2, 0.25) is 0 Å². The first-order valence-electron chi connectivity index (χ1n) is 10.0. The average molecular weight is 383 g/mol. The van der Waals surface area contributed by atoms with Crippen molar-refractivity contribution in [3.8, 4) is 5.75 Å². The second kappa shape index (κ2) is 10.1. The zero-order valence-electron chi connectivity index (χ0n) is 16.5. The van der Waals surface area contributed by atoms with Crippen LogP contribution in [0.3, 0.4) is 0 Å². The summed E-state index contributed by atoms with van der Waals surface area (Å²) in [6, 6.07) is 11.4. The summed E-state index contributed by atoms with van der Waals surface area (Å²) in [5.74, 6) is 1.46. The van der Waals surface area contributed by atoms with Crippen LogP contribution in [0.25, 0.3) is 0 Å². The van der Waals surface area contributed by atoms with E-state index >= 15 is 0 Å². The van der Waals surface area contributed by atoms with Gasteiger partial charge in [-0.15, -0.1) is 0 Å². The number of hydrogen-bond acceptors (Lipinski definition) is 4. The van der Waals surface area contributed by atoms with Crippen molar-refractivity contribution >= 4 is 5.91 Å². The van der Waals surface area contributed by atoms with E-state index in [-0.39, 0.29) is 5.91 Å². The summed E-state index contributed by atoms with van der Waals surface area (Å²) in [7, 11) is 0. The van der Waals surface area contributed by atoms with Crippen LogP contribution < -0.4 is 14.8 Å². The van der Waals surface area contributed by atoms with Crippen molar-refractivity contribution in [2.24, 2.45) is 5.92 Å². The standard InChI is InChI=1S/C22H29N3O3/c1-18-8-12-24(13-9-18)16-19-5-2-7-21(15-19)28-14-4-10-23-22(26)20-6-3-11-25(27)17-20/h2-3,5-7,11,15,17-18H,4,8-10,12-14,16H2,1H3,(H,23,26). The summed E-state index contributed by atoms with van der Waals surface area (Å²) in [6.07, 6.45) is 5.87. The molecule has 3 rings (SSSR count). The lowest BCUT2D eigenvalue weighted by atomic mass is 9.99. The predicted molar refractivity (Wildman–Crippen MR) is 108 cm³/mol. The quantitative estimate of drug-likeness (QED) is 0.432. The Hall–Kier alpha value is -2.60. The molecule has 0 bridgehead atoms. The van der Waals surface area contributed by atoms with Crippen LogP contribution in [0.1, 0.15) is 42.1 Å². The topological polar surface area (TPSA) is 68.5 Å². The maximum Gasteiger partial charge on any atom is 0.257 e. The Morgan fingerprint density at radius 2 is 2.11 bits per heavy atom. The minimum atomic E-state index is -0.247. The van der Waals surface area contributed by atoms with Crippen LogP contribution in [0.4, 0.5) is 0 Å². The molecule has 1 fully saturated rings. The van der Waals surface area contributed by atoms with Gasteiger partial charge in [0.2, 0.25) is 0 Å². The third-order valence-corrected chi connectivity index (χ3v) is 5.09. The molecule has 1 N–H and O–H groups in total. The molecule has 0 saturated carbocycles. The molecule has 28 heavy (non-hydrogen) atoms. The molecule has 6 nitrogen and oxygen atoms in total. The van der Waals surface area contributed by atoms with Gasteiger partial charge in [0, 0.05) is 19.2 Å². The van der Waals surface area contributed by atoms with Crippen molar-refractivity contribution in [1.82, 2.24) is 10.2 Å². The van der Waals surface area contributed by atoms with Crippen LogP contribution in [-0.4, -0.2) is 37.0 Å². The average Bonchev–Trinajstić information content (AvgIpc) is 2.70. The van der Waals surface area contributed by atoms with Gasteiger partial charge in [-0.3, -0.25) is 9.69 Å². The van der Waals surface area contributed by atoms with E-state index in [9.17, 15) is 10.0 Å². The van der Waals surface area contributed by atoms with Crippen molar-refractivity contribution in [2.75, 3.05) is 26.2 Å². The minimum absolute atomic E-state index is 0.247. The fraction of sp³-hybridized carbons (Fsp3) is 0.455. The summed E-state index contributed by atoms with van der Waals surface area (Å²) >= 11 is 0. The fourth-order valence-corrected chi connectivity index (χ4v) is 3.37. The first-order chi connectivity index (χ1) is 13.6. The highest BCUT2D eigenvalue weighted by molar-refractivity contribution is 5.93. The SMILES string of the molecule is CC1CCN(Cc2cccc(OCCCNC(=O)c3ccc[n+]([O-])c3)c2)CC1. The monoisotopic (exact) mass is 383 g/mol. The number of carbonyl (C=O) groups excluding carboxylic acids is 1. The number of pyridine rings is 1. The smallest absolute Gasteiger partial charge is 0.257 e. The fourth-order valence-electron chi connectivity index (χ4n) is 3.37. The predicted octanol–water partition coefficient (Wildman–Crippen LogP) is 2.75. The molecule has 2 aromatic rings. The molecule has 1 aromatic heterocycles. The van der Waals surface area contributed by atoms with Gasteiger partial charge in [-0.25, -0.2) is 0 Å². The Balaban J connectivity index is 1.37. The molecule has 150 valence electrons. The lowest BCUT2D eigenvalue weighted by molar-refractivity contribution is -0.605. The highest BCUT2D eigenvalue weighted by atomic mass is 16.5. The van der Waals surface area contributed by atoms with Crippen LogP contribution in [0, 0.1) is 11.1 Å². The molecule has 0 radical (unpaired) electrons. The van der Waals surface area contributed by atoms with Crippen LogP contribution in [-0.2, 0) is 6.54 Å². The van der Waals surface area contributed by atoms with E-state index < -0.39 is 0 Å². The molecule has 1 aromatic carbocycles. The molecule has 1 amide bonds. The van der Waals surface area contributed by atoms with E-state index in [2.05, 4.69) is 29.3 Å².